The van der Waals surface area contributed by atoms with Crippen LogP contribution in [-0.2, 0) is 0 Å². The number of carbonyl (C=O) groups is 1. The van der Waals surface area contributed by atoms with Crippen molar-refractivity contribution in [2.75, 3.05) is 26.2 Å². The number of aliphatic hydroxyl groups is 1. The monoisotopic (exact) mass is 330 g/mol. The molecule has 5 heteroatoms. The molecule has 0 aliphatic carbocycles. The van der Waals surface area contributed by atoms with Gasteiger partial charge in [0.25, 0.3) is 0 Å². The van der Waals surface area contributed by atoms with Crippen LogP contribution in [0, 0.1) is 25.6 Å². The number of aryl methyl sites for hydroxylation is 1. The molecular formula is C19H23FN2O2. The van der Waals surface area contributed by atoms with Crippen molar-refractivity contribution < 1.29 is 14.3 Å². The van der Waals surface area contributed by atoms with Gasteiger partial charge in [-0.25, -0.2) is 4.39 Å². The maximum Gasteiger partial charge on any atom is 0.178 e. The average Bonchev–Trinajstić information content (AvgIpc) is 3.11. The summed E-state index contributed by atoms with van der Waals surface area (Å²) in [6, 6.07) is 8.27. The van der Waals surface area contributed by atoms with Crippen LogP contribution in [0.25, 0.3) is 5.69 Å². The molecule has 0 bridgehead atoms. The number of nitrogens with zero attached hydrogens (tertiary/aromatic N) is 2. The molecule has 0 saturated carbocycles. The lowest BCUT2D eigenvalue weighted by Crippen LogP contribution is -2.28. The van der Waals surface area contributed by atoms with Gasteiger partial charge in [-0.2, -0.15) is 0 Å². The van der Waals surface area contributed by atoms with Crippen LogP contribution in [0.15, 0.2) is 30.3 Å². The molecule has 1 aliphatic heterocycles. The van der Waals surface area contributed by atoms with Crippen LogP contribution in [0.5, 0.6) is 0 Å². The summed E-state index contributed by atoms with van der Waals surface area (Å²) in [5.41, 5.74) is 3.16. The lowest BCUT2D eigenvalue weighted by Gasteiger charge is -2.15. The molecule has 1 aromatic heterocycles. The molecule has 0 amide bonds. The van der Waals surface area contributed by atoms with Crippen LogP contribution in [0.4, 0.5) is 4.39 Å². The van der Waals surface area contributed by atoms with E-state index in [1.807, 2.05) is 30.5 Å². The van der Waals surface area contributed by atoms with E-state index in [0.29, 0.717) is 12.1 Å². The van der Waals surface area contributed by atoms with Gasteiger partial charge in [-0.1, -0.05) is 6.07 Å². The Morgan fingerprint density at radius 3 is 2.79 bits per heavy atom. The minimum absolute atomic E-state index is 0.0735. The third-order valence-electron chi connectivity index (χ3n) is 4.79. The van der Waals surface area contributed by atoms with E-state index < -0.39 is 0 Å². The number of rotatable bonds is 5. The van der Waals surface area contributed by atoms with Crippen LogP contribution in [0.3, 0.4) is 0 Å². The molecule has 1 atom stereocenters. The van der Waals surface area contributed by atoms with E-state index in [1.54, 1.807) is 6.07 Å². The number of hydrogen-bond donors (Lipinski definition) is 1. The number of Topliss-reactive ketones (excluding diaryl/α,β-unsaturated/α-hetero) is 1. The minimum Gasteiger partial charge on any atom is -0.396 e. The summed E-state index contributed by atoms with van der Waals surface area (Å²) in [4.78, 5) is 14.8. The first-order valence-corrected chi connectivity index (χ1v) is 8.31. The third-order valence-corrected chi connectivity index (χ3v) is 4.79. The molecule has 4 nitrogen and oxygen atoms in total. The Bertz CT molecular complexity index is 754. The van der Waals surface area contributed by atoms with E-state index >= 15 is 0 Å². The minimum atomic E-state index is -0.292. The number of hydrogen-bond acceptors (Lipinski definition) is 3. The van der Waals surface area contributed by atoms with Crippen LogP contribution < -0.4 is 0 Å². The molecule has 24 heavy (non-hydrogen) atoms. The van der Waals surface area contributed by atoms with Crippen molar-refractivity contribution in [1.82, 2.24) is 9.47 Å². The first-order valence-electron chi connectivity index (χ1n) is 8.31. The van der Waals surface area contributed by atoms with Gasteiger partial charge in [0, 0.05) is 35.8 Å². The van der Waals surface area contributed by atoms with Gasteiger partial charge in [-0.15, -0.1) is 0 Å². The first-order chi connectivity index (χ1) is 11.5. The summed E-state index contributed by atoms with van der Waals surface area (Å²) >= 11 is 0. The normalized spacial score (nSPS) is 18.2. The summed E-state index contributed by atoms with van der Waals surface area (Å²) in [5.74, 6) is 0.0573. The highest BCUT2D eigenvalue weighted by Crippen LogP contribution is 2.23. The van der Waals surface area contributed by atoms with Gasteiger partial charge in [0.15, 0.2) is 5.78 Å². The summed E-state index contributed by atoms with van der Waals surface area (Å²) in [7, 11) is 0. The predicted molar refractivity (Wildman–Crippen MR) is 91.2 cm³/mol. The second-order valence-corrected chi connectivity index (χ2v) is 6.60. The maximum atomic E-state index is 13.5. The number of aromatic nitrogens is 1. The molecule has 2 aromatic rings. The van der Waals surface area contributed by atoms with Crippen molar-refractivity contribution in [2.24, 2.45) is 5.92 Å². The second kappa shape index (κ2) is 6.87. The van der Waals surface area contributed by atoms with Gasteiger partial charge in [-0.3, -0.25) is 9.69 Å². The number of aliphatic hydroxyl groups excluding tert-OH is 1. The summed E-state index contributed by atoms with van der Waals surface area (Å²) in [6.07, 6.45) is 0.937. The molecular weight excluding hydrogens is 307 g/mol. The van der Waals surface area contributed by atoms with E-state index in [4.69, 9.17) is 0 Å². The number of benzene rings is 1. The molecule has 0 spiro atoms. The molecule has 3 rings (SSSR count). The maximum absolute atomic E-state index is 13.5. The Morgan fingerprint density at radius 1 is 1.33 bits per heavy atom. The Morgan fingerprint density at radius 2 is 2.12 bits per heavy atom. The fraction of sp³-hybridized carbons (Fsp3) is 0.421. The fourth-order valence-corrected chi connectivity index (χ4v) is 3.55. The van der Waals surface area contributed by atoms with Gasteiger partial charge < -0.3 is 9.67 Å². The zero-order valence-corrected chi connectivity index (χ0v) is 14.1. The fourth-order valence-electron chi connectivity index (χ4n) is 3.55. The average molecular weight is 330 g/mol. The van der Waals surface area contributed by atoms with Crippen LogP contribution in [0.2, 0.25) is 0 Å². The highest BCUT2D eigenvalue weighted by Gasteiger charge is 2.25. The van der Waals surface area contributed by atoms with Crippen molar-refractivity contribution >= 4 is 5.78 Å². The molecule has 128 valence electrons. The molecule has 1 fully saturated rings. The molecule has 1 unspecified atom stereocenters. The van der Waals surface area contributed by atoms with E-state index in [9.17, 15) is 14.3 Å². The summed E-state index contributed by atoms with van der Waals surface area (Å²) < 4.78 is 15.4. The van der Waals surface area contributed by atoms with Crippen molar-refractivity contribution in [3.8, 4) is 5.69 Å². The van der Waals surface area contributed by atoms with Crippen molar-refractivity contribution in [3.05, 3.63) is 53.1 Å². The zero-order valence-electron chi connectivity index (χ0n) is 14.1. The number of carbonyl (C=O) groups excluding carboxylic acids is 1. The second-order valence-electron chi connectivity index (χ2n) is 6.60. The van der Waals surface area contributed by atoms with Crippen molar-refractivity contribution in [2.45, 2.75) is 20.3 Å². The summed E-state index contributed by atoms with van der Waals surface area (Å²) in [6.45, 7) is 5.98. The van der Waals surface area contributed by atoms with E-state index in [2.05, 4.69) is 4.90 Å². The number of halogens is 1. The Labute approximate surface area is 141 Å². The van der Waals surface area contributed by atoms with Crippen molar-refractivity contribution in [1.29, 1.82) is 0 Å². The third kappa shape index (κ3) is 3.28. The quantitative estimate of drug-likeness (QED) is 0.858. The number of likely N-dealkylation sites (tertiary alicyclic amines) is 1. The number of ketones is 1. The topological polar surface area (TPSA) is 45.5 Å². The van der Waals surface area contributed by atoms with Gasteiger partial charge in [0.05, 0.1) is 6.54 Å². The lowest BCUT2D eigenvalue weighted by atomic mass is 10.1. The SMILES string of the molecule is Cc1cc(C(=O)CN2CCC(CO)C2)c(C)n1-c1cccc(F)c1. The lowest BCUT2D eigenvalue weighted by molar-refractivity contribution is 0.0939. The van der Waals surface area contributed by atoms with Crippen LogP contribution in [0.1, 0.15) is 28.2 Å². The van der Waals surface area contributed by atoms with E-state index in [-0.39, 0.29) is 24.1 Å². The Balaban J connectivity index is 1.82. The van der Waals surface area contributed by atoms with Gasteiger partial charge in [-0.05, 0) is 57.0 Å². The van der Waals surface area contributed by atoms with E-state index in [0.717, 1.165) is 36.6 Å². The van der Waals surface area contributed by atoms with Gasteiger partial charge >= 0.3 is 0 Å². The van der Waals surface area contributed by atoms with Gasteiger partial charge in [0.2, 0.25) is 0 Å². The smallest absolute Gasteiger partial charge is 0.178 e. The Kier molecular flexibility index (Phi) is 4.83. The van der Waals surface area contributed by atoms with E-state index in [1.165, 1.54) is 12.1 Å². The van der Waals surface area contributed by atoms with Crippen molar-refractivity contribution in [3.63, 3.8) is 0 Å². The highest BCUT2D eigenvalue weighted by molar-refractivity contribution is 5.99. The molecule has 1 saturated heterocycles. The zero-order chi connectivity index (χ0) is 17.3. The summed E-state index contributed by atoms with van der Waals surface area (Å²) in [5, 5.41) is 9.22. The van der Waals surface area contributed by atoms with Gasteiger partial charge in [0.1, 0.15) is 5.82 Å². The first kappa shape index (κ1) is 16.9. The molecule has 1 aromatic carbocycles. The standard InChI is InChI=1S/C19H23FN2O2/c1-13-8-18(19(24)11-21-7-6-15(10-21)12-23)14(2)22(13)17-5-3-4-16(20)9-17/h3-5,8-9,15,23H,6-7,10-12H2,1-2H3. The molecule has 0 radical (unpaired) electrons. The highest BCUT2D eigenvalue weighted by atomic mass is 19.1. The predicted octanol–water partition coefficient (Wildman–Crippen LogP) is 2.73. The van der Waals surface area contributed by atoms with Crippen LogP contribution in [-0.4, -0.2) is 46.6 Å². The largest absolute Gasteiger partial charge is 0.396 e. The molecule has 1 N–H and O–H groups in total. The van der Waals surface area contributed by atoms with Crippen LogP contribution >= 0.6 is 0 Å². The Hall–Kier alpha value is -1.98. The molecule has 1 aliphatic rings. The molecule has 2 heterocycles.